The minimum atomic E-state index is -0.0303. The molecule has 0 saturated heterocycles. The summed E-state index contributed by atoms with van der Waals surface area (Å²) in [6.45, 7) is 0. The van der Waals surface area contributed by atoms with E-state index in [0.29, 0.717) is 23.9 Å². The largest absolute Gasteiger partial charge is 0.424 e. The number of benzene rings is 1. The van der Waals surface area contributed by atoms with Crippen LogP contribution in [0.15, 0.2) is 39.5 Å². The molecule has 2 saturated carbocycles. The number of aromatic amines is 1. The Kier molecular flexibility index (Phi) is 2.98. The molecule has 3 aromatic rings. The zero-order chi connectivity index (χ0) is 16.1. The molecule has 122 valence electrons. The summed E-state index contributed by atoms with van der Waals surface area (Å²) in [7, 11) is 0. The third-order valence-electron chi connectivity index (χ3n) is 4.92. The maximum atomic E-state index is 11.8. The average molecular weight is 322 g/mol. The van der Waals surface area contributed by atoms with Crippen LogP contribution in [0, 0.1) is 0 Å². The lowest BCUT2D eigenvalue weighted by atomic mass is 9.78. The van der Waals surface area contributed by atoms with E-state index < -0.39 is 0 Å². The van der Waals surface area contributed by atoms with Crippen molar-refractivity contribution < 1.29 is 4.42 Å². The van der Waals surface area contributed by atoms with Crippen LogP contribution in [0.2, 0.25) is 0 Å². The van der Waals surface area contributed by atoms with Crippen LogP contribution in [0.5, 0.6) is 0 Å². The van der Waals surface area contributed by atoms with Crippen LogP contribution in [0.1, 0.15) is 49.0 Å². The number of fused-ring (bicyclic) bond motifs is 1. The molecule has 2 N–H and O–H groups in total. The molecular formula is C18H18N4O2. The maximum absolute atomic E-state index is 11.8. The second-order valence-corrected chi connectivity index (χ2v) is 6.83. The number of hydrogen-bond donors (Lipinski definition) is 2. The number of rotatable bonds is 4. The molecule has 0 aliphatic heterocycles. The Hall–Kier alpha value is -2.63. The summed E-state index contributed by atoms with van der Waals surface area (Å²) in [4.78, 5) is 23.8. The molecule has 6 nitrogen and oxygen atoms in total. The smallest absolute Gasteiger partial charge is 0.295 e. The van der Waals surface area contributed by atoms with E-state index in [1.165, 1.54) is 0 Å². The number of hydrogen-bond acceptors (Lipinski definition) is 5. The Bertz CT molecular complexity index is 918. The fraction of sp³-hybridized carbons (Fsp3) is 0.389. The lowest BCUT2D eigenvalue weighted by Gasteiger charge is -2.34. The van der Waals surface area contributed by atoms with Gasteiger partial charge in [0.25, 0.3) is 11.6 Å². The Morgan fingerprint density at radius 3 is 2.75 bits per heavy atom. The van der Waals surface area contributed by atoms with Crippen molar-refractivity contribution in [2.24, 2.45) is 0 Å². The van der Waals surface area contributed by atoms with Gasteiger partial charge < -0.3 is 14.7 Å². The summed E-state index contributed by atoms with van der Waals surface area (Å²) in [5.41, 5.74) is 2.55. The second-order valence-electron chi connectivity index (χ2n) is 6.83. The van der Waals surface area contributed by atoms with E-state index in [4.69, 9.17) is 4.42 Å². The van der Waals surface area contributed by atoms with Crippen LogP contribution in [0.3, 0.4) is 0 Å². The molecule has 5 rings (SSSR count). The maximum Gasteiger partial charge on any atom is 0.295 e. The number of para-hydroxylation sites is 2. The van der Waals surface area contributed by atoms with Crippen molar-refractivity contribution in [1.29, 1.82) is 0 Å². The number of nitrogens with zero attached hydrogens (tertiary/aromatic N) is 2. The van der Waals surface area contributed by atoms with Crippen molar-refractivity contribution in [2.45, 2.75) is 43.6 Å². The van der Waals surface area contributed by atoms with E-state index >= 15 is 0 Å². The summed E-state index contributed by atoms with van der Waals surface area (Å²) in [5.74, 6) is 1.67. The molecule has 2 aliphatic rings. The first-order valence-electron chi connectivity index (χ1n) is 8.48. The summed E-state index contributed by atoms with van der Waals surface area (Å²) >= 11 is 0. The van der Waals surface area contributed by atoms with Gasteiger partial charge in [0.2, 0.25) is 0 Å². The summed E-state index contributed by atoms with van der Waals surface area (Å²) in [6, 6.07) is 10.3. The molecule has 6 heteroatoms. The first kappa shape index (κ1) is 13.8. The lowest BCUT2D eigenvalue weighted by Crippen LogP contribution is -2.35. The van der Waals surface area contributed by atoms with Crippen molar-refractivity contribution in [3.05, 3.63) is 52.2 Å². The van der Waals surface area contributed by atoms with Gasteiger partial charge in [0, 0.05) is 23.9 Å². The molecule has 1 aromatic carbocycles. The summed E-state index contributed by atoms with van der Waals surface area (Å²) in [6.07, 6.45) is 4.16. The predicted molar refractivity (Wildman–Crippen MR) is 90.2 cm³/mol. The van der Waals surface area contributed by atoms with Gasteiger partial charge in [-0.05, 0) is 37.8 Å². The highest BCUT2D eigenvalue weighted by Crippen LogP contribution is 2.40. The number of nitrogens with one attached hydrogen (secondary N) is 2. The molecule has 2 aliphatic carbocycles. The molecule has 24 heavy (non-hydrogen) atoms. The van der Waals surface area contributed by atoms with Crippen molar-refractivity contribution in [1.82, 2.24) is 15.0 Å². The topological polar surface area (TPSA) is 83.8 Å². The van der Waals surface area contributed by atoms with Crippen LogP contribution < -0.4 is 10.9 Å². The molecule has 0 amide bonds. The van der Waals surface area contributed by atoms with Crippen LogP contribution in [0.25, 0.3) is 11.1 Å². The number of H-pyrrole nitrogens is 1. The highest BCUT2D eigenvalue weighted by atomic mass is 16.4. The van der Waals surface area contributed by atoms with Crippen LogP contribution in [-0.4, -0.2) is 21.0 Å². The van der Waals surface area contributed by atoms with Gasteiger partial charge in [-0.2, -0.15) is 4.98 Å². The van der Waals surface area contributed by atoms with Crippen LogP contribution >= 0.6 is 0 Å². The normalized spacial score (nSPS) is 23.2. The van der Waals surface area contributed by atoms with Crippen LogP contribution in [-0.2, 0) is 0 Å². The Labute approximate surface area is 138 Å². The van der Waals surface area contributed by atoms with Gasteiger partial charge in [0.05, 0.1) is 5.69 Å². The SMILES string of the molecule is O=c1cc(C2CC(Nc3nc4ccccc4o3)C2)nc(C2CC2)[nH]1. The molecule has 2 aromatic heterocycles. The molecular weight excluding hydrogens is 304 g/mol. The number of oxazole rings is 1. The Morgan fingerprint density at radius 2 is 1.96 bits per heavy atom. The molecule has 0 atom stereocenters. The second kappa shape index (κ2) is 5.19. The molecule has 2 heterocycles. The monoisotopic (exact) mass is 322 g/mol. The molecule has 2 fully saturated rings. The van der Waals surface area contributed by atoms with Crippen molar-refractivity contribution >= 4 is 17.1 Å². The minimum Gasteiger partial charge on any atom is -0.424 e. The predicted octanol–water partition coefficient (Wildman–Crippen LogP) is 3.15. The van der Waals surface area contributed by atoms with Gasteiger partial charge in [-0.3, -0.25) is 4.79 Å². The average Bonchev–Trinajstić information content (AvgIpc) is 3.30. The third-order valence-corrected chi connectivity index (χ3v) is 4.92. The van der Waals surface area contributed by atoms with Crippen molar-refractivity contribution in [3.63, 3.8) is 0 Å². The fourth-order valence-electron chi connectivity index (χ4n) is 3.34. The van der Waals surface area contributed by atoms with Gasteiger partial charge in [-0.1, -0.05) is 12.1 Å². The molecule has 0 unspecified atom stereocenters. The number of aromatic nitrogens is 3. The zero-order valence-corrected chi connectivity index (χ0v) is 13.2. The minimum absolute atomic E-state index is 0.0303. The van der Waals surface area contributed by atoms with E-state index in [9.17, 15) is 4.79 Å². The van der Waals surface area contributed by atoms with Gasteiger partial charge in [0.15, 0.2) is 5.58 Å². The molecule has 0 bridgehead atoms. The van der Waals surface area contributed by atoms with Crippen molar-refractivity contribution in [3.8, 4) is 0 Å². The number of anilines is 1. The highest BCUT2D eigenvalue weighted by Gasteiger charge is 2.34. The van der Waals surface area contributed by atoms with Gasteiger partial charge in [0.1, 0.15) is 11.3 Å². The Morgan fingerprint density at radius 1 is 1.12 bits per heavy atom. The van der Waals surface area contributed by atoms with E-state index in [0.717, 1.165) is 48.3 Å². The van der Waals surface area contributed by atoms with Crippen LogP contribution in [0.4, 0.5) is 6.01 Å². The summed E-state index contributed by atoms with van der Waals surface area (Å²) < 4.78 is 5.70. The standard InChI is InChI=1S/C18H18N4O2/c23-16-9-14(20-17(22-16)10-5-6-10)11-7-12(8-11)19-18-21-13-3-1-2-4-15(13)24-18/h1-4,9-12H,5-8H2,(H,19,21)(H,20,22,23). The molecule has 0 radical (unpaired) electrons. The zero-order valence-electron chi connectivity index (χ0n) is 13.2. The highest BCUT2D eigenvalue weighted by molar-refractivity contribution is 5.74. The van der Waals surface area contributed by atoms with Gasteiger partial charge >= 0.3 is 0 Å². The van der Waals surface area contributed by atoms with E-state index in [1.54, 1.807) is 6.07 Å². The first-order chi connectivity index (χ1) is 11.7. The summed E-state index contributed by atoms with van der Waals surface area (Å²) in [5, 5.41) is 3.34. The third kappa shape index (κ3) is 2.48. The van der Waals surface area contributed by atoms with Crippen molar-refractivity contribution in [2.75, 3.05) is 5.32 Å². The van der Waals surface area contributed by atoms with Gasteiger partial charge in [-0.25, -0.2) is 4.98 Å². The van der Waals surface area contributed by atoms with Gasteiger partial charge in [-0.15, -0.1) is 0 Å². The Balaban J connectivity index is 1.27. The van der Waals surface area contributed by atoms with E-state index in [1.807, 2.05) is 24.3 Å². The lowest BCUT2D eigenvalue weighted by molar-refractivity contribution is 0.358. The quantitative estimate of drug-likeness (QED) is 0.771. The van der Waals surface area contributed by atoms with E-state index in [2.05, 4.69) is 20.3 Å². The van der Waals surface area contributed by atoms with E-state index in [-0.39, 0.29) is 5.56 Å². The first-order valence-corrected chi connectivity index (χ1v) is 8.48. The molecule has 0 spiro atoms. The fourth-order valence-corrected chi connectivity index (χ4v) is 3.34.